The molecule has 1 atom stereocenters. The molecular formula is C18H20N2O. The van der Waals surface area contributed by atoms with Crippen LogP contribution in [0.3, 0.4) is 0 Å². The Balaban J connectivity index is 1.80. The molecule has 0 aliphatic rings. The maximum absolute atomic E-state index is 10.4. The highest BCUT2D eigenvalue weighted by molar-refractivity contribution is 5.85. The molecule has 0 fully saturated rings. The molecule has 0 aliphatic heterocycles. The van der Waals surface area contributed by atoms with Crippen molar-refractivity contribution in [2.45, 2.75) is 25.9 Å². The summed E-state index contributed by atoms with van der Waals surface area (Å²) in [4.78, 5) is 0. The predicted octanol–water partition coefficient (Wildman–Crippen LogP) is 3.03. The lowest BCUT2D eigenvalue weighted by Crippen LogP contribution is -2.16. The number of rotatable bonds is 4. The zero-order chi connectivity index (χ0) is 14.8. The number of aliphatic hydroxyl groups excluding tert-OH is 1. The van der Waals surface area contributed by atoms with Crippen molar-refractivity contribution < 1.29 is 5.11 Å². The summed E-state index contributed by atoms with van der Waals surface area (Å²) in [7, 11) is 1.92. The minimum absolute atomic E-state index is 0.398. The number of hydrogen-bond acceptors (Lipinski definition) is 2. The first-order chi connectivity index (χ1) is 10.1. The third-order valence-corrected chi connectivity index (χ3v) is 3.88. The van der Waals surface area contributed by atoms with Crippen molar-refractivity contribution in [2.24, 2.45) is 7.05 Å². The van der Waals surface area contributed by atoms with Gasteiger partial charge in [-0.05, 0) is 35.7 Å². The van der Waals surface area contributed by atoms with Gasteiger partial charge in [0.05, 0.1) is 11.8 Å². The smallest absolute Gasteiger partial charge is 0.0636 e. The molecule has 108 valence electrons. The number of hydrogen-bond donors (Lipinski definition) is 1. The van der Waals surface area contributed by atoms with Crippen LogP contribution < -0.4 is 0 Å². The van der Waals surface area contributed by atoms with Crippen molar-refractivity contribution in [3.8, 4) is 0 Å². The van der Waals surface area contributed by atoms with Crippen molar-refractivity contribution in [1.82, 2.24) is 9.78 Å². The molecule has 0 amide bonds. The quantitative estimate of drug-likeness (QED) is 0.797. The molecular weight excluding hydrogens is 260 g/mol. The van der Waals surface area contributed by atoms with Crippen LogP contribution in [0.15, 0.2) is 48.5 Å². The van der Waals surface area contributed by atoms with E-state index in [4.69, 9.17) is 0 Å². The third kappa shape index (κ3) is 2.98. The Labute approximate surface area is 124 Å². The van der Waals surface area contributed by atoms with E-state index in [1.54, 1.807) is 0 Å². The first kappa shape index (κ1) is 13.8. The van der Waals surface area contributed by atoms with E-state index in [0.29, 0.717) is 12.8 Å². The van der Waals surface area contributed by atoms with Gasteiger partial charge in [0.15, 0.2) is 0 Å². The predicted molar refractivity (Wildman–Crippen MR) is 85.3 cm³/mol. The van der Waals surface area contributed by atoms with Gasteiger partial charge in [-0.3, -0.25) is 4.68 Å². The minimum Gasteiger partial charge on any atom is -0.392 e. The SMILES string of the molecule is Cc1cc(CC(O)Cc2cccc3ccccc23)n(C)n1. The fraction of sp³-hybridized carbons (Fsp3) is 0.278. The molecule has 0 saturated heterocycles. The van der Waals surface area contributed by atoms with E-state index in [-0.39, 0.29) is 0 Å². The fourth-order valence-corrected chi connectivity index (χ4v) is 2.89. The van der Waals surface area contributed by atoms with Gasteiger partial charge in [-0.1, -0.05) is 42.5 Å². The average Bonchev–Trinajstić information content (AvgIpc) is 2.77. The molecule has 0 bridgehead atoms. The van der Waals surface area contributed by atoms with Gasteiger partial charge in [-0.25, -0.2) is 0 Å². The van der Waals surface area contributed by atoms with E-state index in [1.807, 2.05) is 36.9 Å². The van der Waals surface area contributed by atoms with E-state index in [9.17, 15) is 5.11 Å². The van der Waals surface area contributed by atoms with E-state index >= 15 is 0 Å². The zero-order valence-corrected chi connectivity index (χ0v) is 12.5. The van der Waals surface area contributed by atoms with Crippen molar-refractivity contribution in [1.29, 1.82) is 0 Å². The second-order valence-electron chi connectivity index (χ2n) is 5.60. The third-order valence-electron chi connectivity index (χ3n) is 3.88. The Morgan fingerprint density at radius 2 is 1.86 bits per heavy atom. The minimum atomic E-state index is -0.398. The molecule has 1 heterocycles. The first-order valence-corrected chi connectivity index (χ1v) is 7.27. The van der Waals surface area contributed by atoms with Crippen LogP contribution >= 0.6 is 0 Å². The lowest BCUT2D eigenvalue weighted by molar-refractivity contribution is 0.173. The maximum atomic E-state index is 10.4. The molecule has 3 heteroatoms. The zero-order valence-electron chi connectivity index (χ0n) is 12.5. The van der Waals surface area contributed by atoms with E-state index < -0.39 is 6.10 Å². The van der Waals surface area contributed by atoms with Crippen LogP contribution in [0, 0.1) is 6.92 Å². The average molecular weight is 280 g/mol. The lowest BCUT2D eigenvalue weighted by atomic mass is 9.98. The van der Waals surface area contributed by atoms with Gasteiger partial charge < -0.3 is 5.11 Å². The summed E-state index contributed by atoms with van der Waals surface area (Å²) in [5, 5.41) is 17.2. The summed E-state index contributed by atoms with van der Waals surface area (Å²) < 4.78 is 1.85. The van der Waals surface area contributed by atoms with Crippen molar-refractivity contribution in [2.75, 3.05) is 0 Å². The van der Waals surface area contributed by atoms with Crippen LogP contribution in [0.1, 0.15) is 17.0 Å². The number of nitrogens with zero attached hydrogens (tertiary/aromatic N) is 2. The number of fused-ring (bicyclic) bond motifs is 1. The van der Waals surface area contributed by atoms with Gasteiger partial charge in [0, 0.05) is 19.2 Å². The molecule has 0 spiro atoms. The summed E-state index contributed by atoms with van der Waals surface area (Å²) in [5.41, 5.74) is 3.25. The largest absolute Gasteiger partial charge is 0.392 e. The van der Waals surface area contributed by atoms with Gasteiger partial charge in [0.1, 0.15) is 0 Å². The summed E-state index contributed by atoms with van der Waals surface area (Å²) >= 11 is 0. The number of aromatic nitrogens is 2. The highest BCUT2D eigenvalue weighted by Crippen LogP contribution is 2.20. The highest BCUT2D eigenvalue weighted by atomic mass is 16.3. The second kappa shape index (κ2) is 5.70. The maximum Gasteiger partial charge on any atom is 0.0636 e. The van der Waals surface area contributed by atoms with Crippen LogP contribution in [-0.4, -0.2) is 21.0 Å². The summed E-state index contributed by atoms with van der Waals surface area (Å²) in [6.07, 6.45) is 0.886. The Hall–Kier alpha value is -2.13. The molecule has 3 nitrogen and oxygen atoms in total. The fourth-order valence-electron chi connectivity index (χ4n) is 2.89. The summed E-state index contributed by atoms with van der Waals surface area (Å²) in [6.45, 7) is 1.97. The van der Waals surface area contributed by atoms with Crippen LogP contribution in [0.5, 0.6) is 0 Å². The van der Waals surface area contributed by atoms with E-state index in [2.05, 4.69) is 35.4 Å². The molecule has 3 rings (SSSR count). The topological polar surface area (TPSA) is 38.0 Å². The molecule has 1 unspecified atom stereocenters. The standard InChI is InChI=1S/C18H20N2O/c1-13-10-16(20(2)19-13)12-17(21)11-15-8-5-7-14-6-3-4-9-18(14)15/h3-10,17,21H,11-12H2,1-2H3. The Morgan fingerprint density at radius 3 is 2.62 bits per heavy atom. The van der Waals surface area contributed by atoms with E-state index in [0.717, 1.165) is 11.4 Å². The number of aryl methyl sites for hydroxylation is 2. The van der Waals surface area contributed by atoms with Gasteiger partial charge in [-0.15, -0.1) is 0 Å². The van der Waals surface area contributed by atoms with Crippen LogP contribution in [0.2, 0.25) is 0 Å². The molecule has 2 aromatic carbocycles. The van der Waals surface area contributed by atoms with Crippen LogP contribution in [-0.2, 0) is 19.9 Å². The Kier molecular flexibility index (Phi) is 3.76. The van der Waals surface area contributed by atoms with Gasteiger partial charge in [0.25, 0.3) is 0 Å². The number of benzene rings is 2. The molecule has 0 aliphatic carbocycles. The number of aliphatic hydroxyl groups is 1. The molecule has 3 aromatic rings. The highest BCUT2D eigenvalue weighted by Gasteiger charge is 2.12. The van der Waals surface area contributed by atoms with Crippen molar-refractivity contribution >= 4 is 10.8 Å². The Bertz CT molecular complexity index is 756. The van der Waals surface area contributed by atoms with Crippen LogP contribution in [0.4, 0.5) is 0 Å². The Morgan fingerprint density at radius 1 is 1.10 bits per heavy atom. The normalized spacial score (nSPS) is 12.7. The van der Waals surface area contributed by atoms with Crippen molar-refractivity contribution in [3.05, 3.63) is 65.5 Å². The van der Waals surface area contributed by atoms with Gasteiger partial charge >= 0.3 is 0 Å². The first-order valence-electron chi connectivity index (χ1n) is 7.27. The van der Waals surface area contributed by atoms with E-state index in [1.165, 1.54) is 16.3 Å². The molecule has 1 N–H and O–H groups in total. The van der Waals surface area contributed by atoms with Gasteiger partial charge in [0.2, 0.25) is 0 Å². The summed E-state index contributed by atoms with van der Waals surface area (Å²) in [5.74, 6) is 0. The molecule has 21 heavy (non-hydrogen) atoms. The molecule has 1 aromatic heterocycles. The molecule has 0 radical (unpaired) electrons. The van der Waals surface area contributed by atoms with Gasteiger partial charge in [-0.2, -0.15) is 5.10 Å². The monoisotopic (exact) mass is 280 g/mol. The molecule has 0 saturated carbocycles. The van der Waals surface area contributed by atoms with Crippen LogP contribution in [0.25, 0.3) is 10.8 Å². The van der Waals surface area contributed by atoms with Crippen molar-refractivity contribution in [3.63, 3.8) is 0 Å². The lowest BCUT2D eigenvalue weighted by Gasteiger charge is -2.13. The summed E-state index contributed by atoms with van der Waals surface area (Å²) in [6, 6.07) is 16.6. The second-order valence-corrected chi connectivity index (χ2v) is 5.60.